The third-order valence-corrected chi connectivity index (χ3v) is 6.59. The number of nitrogens with one attached hydrogen (secondary N) is 1. The molecule has 2 aromatic carbocycles. The second-order valence-corrected chi connectivity index (χ2v) is 9.87. The highest BCUT2D eigenvalue weighted by atomic mass is 19.4. The molecule has 1 amide bonds. The van der Waals surface area contributed by atoms with Crippen LogP contribution in [0, 0.1) is 0 Å². The van der Waals surface area contributed by atoms with Crippen LogP contribution in [0.15, 0.2) is 61.2 Å². The average molecular weight is 522 g/mol. The van der Waals surface area contributed by atoms with E-state index in [0.29, 0.717) is 58.5 Å². The highest BCUT2D eigenvalue weighted by Gasteiger charge is 2.34. The van der Waals surface area contributed by atoms with Crippen molar-refractivity contribution in [2.45, 2.75) is 25.6 Å². The van der Waals surface area contributed by atoms with Crippen LogP contribution in [0.2, 0.25) is 0 Å². The van der Waals surface area contributed by atoms with E-state index in [4.69, 9.17) is 4.74 Å². The summed E-state index contributed by atoms with van der Waals surface area (Å²) in [7, 11) is 1.21. The summed E-state index contributed by atoms with van der Waals surface area (Å²) in [6, 6.07) is 10.9. The van der Waals surface area contributed by atoms with Gasteiger partial charge in [-0.3, -0.25) is 9.78 Å². The number of aromatic nitrogens is 3. The van der Waals surface area contributed by atoms with Crippen molar-refractivity contribution in [3.05, 3.63) is 72.3 Å². The number of carbonyl (C=O) groups excluding carboxylic acids is 1. The van der Waals surface area contributed by atoms with Crippen molar-refractivity contribution in [3.63, 3.8) is 0 Å². The summed E-state index contributed by atoms with van der Waals surface area (Å²) in [5.41, 5.74) is 2.09. The molecule has 0 unspecified atom stereocenters. The molecule has 1 aliphatic rings. The van der Waals surface area contributed by atoms with E-state index in [9.17, 15) is 18.0 Å². The number of amides is 1. The molecule has 0 radical (unpaired) electrons. The maximum absolute atomic E-state index is 13.6. The zero-order valence-corrected chi connectivity index (χ0v) is 21.1. The molecule has 0 aliphatic carbocycles. The predicted octanol–water partition coefficient (Wildman–Crippen LogP) is 5.21. The molecular weight excluding hydrogens is 495 g/mol. The van der Waals surface area contributed by atoms with Crippen molar-refractivity contribution in [2.75, 3.05) is 26.7 Å². The number of carbonyl (C=O) groups is 1. The van der Waals surface area contributed by atoms with Gasteiger partial charge in [0.1, 0.15) is 12.1 Å². The first-order chi connectivity index (χ1) is 18.1. The number of methoxy groups -OCH3 is 1. The number of benzene rings is 2. The number of ether oxygens (including phenoxy) is 1. The van der Waals surface area contributed by atoms with Crippen molar-refractivity contribution in [1.82, 2.24) is 25.2 Å². The lowest BCUT2D eigenvalue weighted by atomic mass is 9.98. The Hall–Kier alpha value is -4.05. The summed E-state index contributed by atoms with van der Waals surface area (Å²) < 4.78 is 45.7. The summed E-state index contributed by atoms with van der Waals surface area (Å²) in [6.07, 6.45) is -0.00167. The Kier molecular flexibility index (Phi) is 6.52. The standard InChI is InChI=1S/C28H26F3N5O2/c1-27(2)15-36(9-8-35-27)26(37)20-10-19(13-32-14-20)25-21-11-17(4-6-23(21)33-16-34-25)18-5-7-24(38-3)22(12-18)28(29,30)31/h4-7,10-14,16,35H,8-9,15H2,1-3H3. The fourth-order valence-corrected chi connectivity index (χ4v) is 4.76. The zero-order valence-electron chi connectivity index (χ0n) is 21.1. The van der Waals surface area contributed by atoms with E-state index >= 15 is 0 Å². The molecule has 1 fully saturated rings. The Balaban J connectivity index is 1.55. The molecule has 10 heteroatoms. The van der Waals surface area contributed by atoms with Crippen molar-refractivity contribution in [1.29, 1.82) is 0 Å². The fourth-order valence-electron chi connectivity index (χ4n) is 4.76. The number of rotatable bonds is 4. The topological polar surface area (TPSA) is 80.2 Å². The Morgan fingerprint density at radius 1 is 1.03 bits per heavy atom. The van der Waals surface area contributed by atoms with Gasteiger partial charge in [0, 0.05) is 48.5 Å². The van der Waals surface area contributed by atoms with Crippen molar-refractivity contribution in [3.8, 4) is 28.1 Å². The molecule has 3 heterocycles. The average Bonchev–Trinajstić information content (AvgIpc) is 2.90. The van der Waals surface area contributed by atoms with Crippen LogP contribution in [-0.4, -0.2) is 58.0 Å². The Bertz CT molecular complexity index is 1520. The van der Waals surface area contributed by atoms with Crippen LogP contribution in [0.1, 0.15) is 29.8 Å². The van der Waals surface area contributed by atoms with E-state index in [2.05, 4.69) is 20.3 Å². The van der Waals surface area contributed by atoms with Crippen LogP contribution in [-0.2, 0) is 6.18 Å². The fraction of sp³-hybridized carbons (Fsp3) is 0.286. The van der Waals surface area contributed by atoms with Gasteiger partial charge in [0.2, 0.25) is 0 Å². The monoisotopic (exact) mass is 521 g/mol. The molecule has 0 saturated carbocycles. The molecule has 0 bridgehead atoms. The third-order valence-electron chi connectivity index (χ3n) is 6.59. The van der Waals surface area contributed by atoms with E-state index in [1.165, 1.54) is 25.7 Å². The van der Waals surface area contributed by atoms with Gasteiger partial charge in [-0.25, -0.2) is 9.97 Å². The van der Waals surface area contributed by atoms with Crippen LogP contribution in [0.3, 0.4) is 0 Å². The van der Waals surface area contributed by atoms with E-state index in [1.807, 2.05) is 13.8 Å². The molecule has 38 heavy (non-hydrogen) atoms. The van der Waals surface area contributed by atoms with Gasteiger partial charge in [0.15, 0.2) is 0 Å². The molecule has 7 nitrogen and oxygen atoms in total. The van der Waals surface area contributed by atoms with Gasteiger partial charge in [-0.1, -0.05) is 12.1 Å². The first kappa shape index (κ1) is 25.6. The molecule has 196 valence electrons. The quantitative estimate of drug-likeness (QED) is 0.397. The second kappa shape index (κ2) is 9.68. The number of alkyl halides is 3. The van der Waals surface area contributed by atoms with Crippen molar-refractivity contribution < 1.29 is 22.7 Å². The number of halogens is 3. The van der Waals surface area contributed by atoms with Crippen LogP contribution in [0.4, 0.5) is 13.2 Å². The molecular formula is C28H26F3N5O2. The van der Waals surface area contributed by atoms with E-state index in [1.54, 1.807) is 41.4 Å². The Morgan fingerprint density at radius 2 is 1.79 bits per heavy atom. The summed E-state index contributed by atoms with van der Waals surface area (Å²) in [6.45, 7) is 5.96. The molecule has 1 aliphatic heterocycles. The number of pyridine rings is 1. The lowest BCUT2D eigenvalue weighted by Crippen LogP contribution is -2.58. The predicted molar refractivity (Wildman–Crippen MR) is 138 cm³/mol. The minimum atomic E-state index is -4.56. The number of piperazine rings is 1. The van der Waals surface area contributed by atoms with Gasteiger partial charge in [-0.15, -0.1) is 0 Å². The first-order valence-electron chi connectivity index (χ1n) is 12.1. The summed E-state index contributed by atoms with van der Waals surface area (Å²) in [5.74, 6) is -0.364. The van der Waals surface area contributed by atoms with E-state index < -0.39 is 11.7 Å². The molecule has 1 saturated heterocycles. The van der Waals surface area contributed by atoms with Crippen molar-refractivity contribution >= 4 is 16.8 Å². The summed E-state index contributed by atoms with van der Waals surface area (Å²) in [5, 5.41) is 4.02. The molecule has 0 atom stereocenters. The number of hydrogen-bond donors (Lipinski definition) is 1. The van der Waals surface area contributed by atoms with Crippen LogP contribution in [0.5, 0.6) is 5.75 Å². The van der Waals surface area contributed by atoms with Gasteiger partial charge < -0.3 is 15.0 Å². The number of nitrogens with zero attached hydrogens (tertiary/aromatic N) is 4. The molecule has 5 rings (SSSR count). The van der Waals surface area contributed by atoms with Crippen LogP contribution >= 0.6 is 0 Å². The Morgan fingerprint density at radius 3 is 2.53 bits per heavy atom. The van der Waals surface area contributed by atoms with E-state index in [0.717, 1.165) is 6.07 Å². The minimum absolute atomic E-state index is 0.120. The van der Waals surface area contributed by atoms with Crippen LogP contribution < -0.4 is 10.1 Å². The molecule has 4 aromatic rings. The number of hydrogen-bond acceptors (Lipinski definition) is 6. The summed E-state index contributed by atoms with van der Waals surface area (Å²) >= 11 is 0. The maximum atomic E-state index is 13.6. The van der Waals surface area contributed by atoms with Gasteiger partial charge in [0.25, 0.3) is 5.91 Å². The summed E-state index contributed by atoms with van der Waals surface area (Å²) in [4.78, 5) is 28.1. The lowest BCUT2D eigenvalue weighted by molar-refractivity contribution is -0.138. The van der Waals surface area contributed by atoms with Crippen LogP contribution in [0.25, 0.3) is 33.3 Å². The second-order valence-electron chi connectivity index (χ2n) is 9.87. The third kappa shape index (κ3) is 5.04. The normalized spacial score (nSPS) is 15.5. The Labute approximate surface area is 217 Å². The van der Waals surface area contributed by atoms with Gasteiger partial charge in [-0.05, 0) is 55.3 Å². The molecule has 0 spiro atoms. The first-order valence-corrected chi connectivity index (χ1v) is 12.1. The lowest BCUT2D eigenvalue weighted by Gasteiger charge is -2.39. The van der Waals surface area contributed by atoms with E-state index in [-0.39, 0.29) is 17.2 Å². The molecule has 2 aromatic heterocycles. The smallest absolute Gasteiger partial charge is 0.419 e. The number of fused-ring (bicyclic) bond motifs is 1. The van der Waals surface area contributed by atoms with Gasteiger partial charge in [-0.2, -0.15) is 13.2 Å². The highest BCUT2D eigenvalue weighted by molar-refractivity contribution is 5.98. The largest absolute Gasteiger partial charge is 0.496 e. The van der Waals surface area contributed by atoms with Crippen molar-refractivity contribution in [2.24, 2.45) is 0 Å². The van der Waals surface area contributed by atoms with Gasteiger partial charge >= 0.3 is 6.18 Å². The maximum Gasteiger partial charge on any atom is 0.419 e. The molecule has 1 N–H and O–H groups in total. The minimum Gasteiger partial charge on any atom is -0.496 e. The highest BCUT2D eigenvalue weighted by Crippen LogP contribution is 2.39. The van der Waals surface area contributed by atoms with Gasteiger partial charge in [0.05, 0.1) is 29.4 Å². The SMILES string of the molecule is COc1ccc(-c2ccc3ncnc(-c4cncc(C(=O)N5CCNC(C)(C)C5)c4)c3c2)cc1C(F)(F)F. The zero-order chi connectivity index (χ0) is 27.1.